The van der Waals surface area contributed by atoms with Crippen molar-refractivity contribution < 1.29 is 29.0 Å². The van der Waals surface area contributed by atoms with E-state index in [1.165, 1.54) is 4.90 Å². The zero-order chi connectivity index (χ0) is 29.4. The summed E-state index contributed by atoms with van der Waals surface area (Å²) in [5.41, 5.74) is 4.19. The van der Waals surface area contributed by atoms with E-state index in [9.17, 15) is 19.2 Å². The summed E-state index contributed by atoms with van der Waals surface area (Å²) in [5.74, 6) is -1.84. The average Bonchev–Trinajstić information content (AvgIpc) is 3.54. The smallest absolute Gasteiger partial charge is 0.303 e. The number of aromatic nitrogens is 1. The van der Waals surface area contributed by atoms with Crippen LogP contribution in [0.25, 0.3) is 10.4 Å². The van der Waals surface area contributed by atoms with Crippen LogP contribution in [-0.2, 0) is 30.5 Å². The lowest BCUT2D eigenvalue weighted by atomic mass is 9.85. The topological polar surface area (TPSA) is 138 Å². The van der Waals surface area contributed by atoms with Crippen molar-refractivity contribution in [2.75, 3.05) is 13.7 Å². The molecule has 3 atom stereocenters. The largest absolute Gasteiger partial charge is 0.481 e. The van der Waals surface area contributed by atoms with Crippen LogP contribution >= 0.6 is 11.3 Å². The zero-order valence-corrected chi connectivity index (χ0v) is 24.7. The Morgan fingerprint density at radius 1 is 1.15 bits per heavy atom. The van der Waals surface area contributed by atoms with E-state index in [1.807, 2.05) is 57.5 Å². The first kappa shape index (κ1) is 31.2. The molecule has 11 heteroatoms. The molecule has 2 heterocycles. The molecule has 0 saturated carbocycles. The van der Waals surface area contributed by atoms with Gasteiger partial charge in [-0.1, -0.05) is 45.0 Å². The highest BCUT2D eigenvalue weighted by atomic mass is 32.1. The molecule has 10 nitrogen and oxygen atoms in total. The summed E-state index contributed by atoms with van der Waals surface area (Å²) in [6, 6.07) is 6.36. The maximum absolute atomic E-state index is 13.8. The number of unbranched alkanes of at least 4 members (excludes halogenated alkanes) is 1. The number of hydrogen-bond acceptors (Lipinski definition) is 7. The molecule has 0 radical (unpaired) electrons. The maximum atomic E-state index is 13.8. The summed E-state index contributed by atoms with van der Waals surface area (Å²) >= 11 is 1.58. The van der Waals surface area contributed by atoms with E-state index < -0.39 is 23.5 Å². The number of nitrogens with zero attached hydrogens (tertiary/aromatic N) is 2. The summed E-state index contributed by atoms with van der Waals surface area (Å²) in [6.07, 6.45) is 0.974. The zero-order valence-electron chi connectivity index (χ0n) is 23.9. The molecule has 3 rings (SSSR count). The number of nitrogens with one attached hydrogen (secondary N) is 2. The number of amides is 3. The summed E-state index contributed by atoms with van der Waals surface area (Å²) < 4.78 is 5.51. The van der Waals surface area contributed by atoms with E-state index in [0.29, 0.717) is 25.8 Å². The lowest BCUT2D eigenvalue weighted by Gasteiger charge is -2.35. The lowest BCUT2D eigenvalue weighted by Crippen LogP contribution is -2.57. The Morgan fingerprint density at radius 3 is 2.40 bits per heavy atom. The Hall–Kier alpha value is -3.31. The molecule has 0 bridgehead atoms. The molecule has 0 spiro atoms. The quantitative estimate of drug-likeness (QED) is 0.331. The maximum Gasteiger partial charge on any atom is 0.303 e. The Kier molecular flexibility index (Phi) is 10.8. The Morgan fingerprint density at radius 2 is 1.82 bits per heavy atom. The molecule has 0 aliphatic carbocycles. The third-order valence-electron chi connectivity index (χ3n) is 7.07. The van der Waals surface area contributed by atoms with Crippen LogP contribution < -0.4 is 10.6 Å². The SMILES string of the molecule is CO[C@@H]1C[C@@H](C(=O)NCc2ccc(-c3scnc3C)cc2)N(C(=O)[C@@H](NC(=O)CCCCC(=O)O)C(C)(C)C)C1. The average molecular weight is 573 g/mol. The number of thiazole rings is 1. The first-order valence-corrected chi connectivity index (χ1v) is 14.4. The van der Waals surface area contributed by atoms with Gasteiger partial charge in [-0.05, 0) is 36.3 Å². The number of rotatable bonds is 12. The normalized spacial score (nSPS) is 17.9. The van der Waals surface area contributed by atoms with Crippen molar-refractivity contribution in [3.05, 3.63) is 41.0 Å². The Balaban J connectivity index is 1.65. The van der Waals surface area contributed by atoms with Gasteiger partial charge in [-0.25, -0.2) is 4.98 Å². The summed E-state index contributed by atoms with van der Waals surface area (Å²) in [6.45, 7) is 8.11. The highest BCUT2D eigenvalue weighted by molar-refractivity contribution is 7.13. The third kappa shape index (κ3) is 8.34. The van der Waals surface area contributed by atoms with Gasteiger partial charge in [0.2, 0.25) is 17.7 Å². The minimum atomic E-state index is -0.905. The van der Waals surface area contributed by atoms with Crippen LogP contribution in [0.4, 0.5) is 0 Å². The number of aryl methyl sites for hydroxylation is 1. The van der Waals surface area contributed by atoms with Gasteiger partial charge in [0, 0.05) is 39.5 Å². The van der Waals surface area contributed by atoms with Crippen molar-refractivity contribution in [3.8, 4) is 10.4 Å². The lowest BCUT2D eigenvalue weighted by molar-refractivity contribution is -0.144. The molecule has 40 heavy (non-hydrogen) atoms. The van der Waals surface area contributed by atoms with Gasteiger partial charge in [-0.3, -0.25) is 19.2 Å². The first-order valence-electron chi connectivity index (χ1n) is 13.5. The van der Waals surface area contributed by atoms with Crippen LogP contribution in [0.5, 0.6) is 0 Å². The Labute approximate surface area is 239 Å². The van der Waals surface area contributed by atoms with E-state index >= 15 is 0 Å². The van der Waals surface area contributed by atoms with Crippen molar-refractivity contribution in [2.45, 2.75) is 84.5 Å². The van der Waals surface area contributed by atoms with Crippen molar-refractivity contribution in [3.63, 3.8) is 0 Å². The number of carboxylic acid groups (broad SMARTS) is 1. The first-order chi connectivity index (χ1) is 18.9. The molecular weight excluding hydrogens is 532 g/mol. The summed E-state index contributed by atoms with van der Waals surface area (Å²) in [7, 11) is 1.56. The highest BCUT2D eigenvalue weighted by Gasteiger charge is 2.44. The molecule has 218 valence electrons. The van der Waals surface area contributed by atoms with Gasteiger partial charge in [0.1, 0.15) is 12.1 Å². The number of carboxylic acids is 1. The molecule has 1 fully saturated rings. The van der Waals surface area contributed by atoms with Gasteiger partial charge >= 0.3 is 5.97 Å². The number of aliphatic carboxylic acids is 1. The molecule has 1 saturated heterocycles. The van der Waals surface area contributed by atoms with Gasteiger partial charge in [0.15, 0.2) is 0 Å². The summed E-state index contributed by atoms with van der Waals surface area (Å²) in [4.78, 5) is 57.4. The van der Waals surface area contributed by atoms with Crippen molar-refractivity contribution in [1.29, 1.82) is 0 Å². The van der Waals surface area contributed by atoms with E-state index in [0.717, 1.165) is 21.7 Å². The molecule has 1 aliphatic heterocycles. The van der Waals surface area contributed by atoms with Crippen LogP contribution in [0.3, 0.4) is 0 Å². The van der Waals surface area contributed by atoms with Crippen LogP contribution in [0.15, 0.2) is 29.8 Å². The van der Waals surface area contributed by atoms with Gasteiger partial charge < -0.3 is 25.4 Å². The van der Waals surface area contributed by atoms with Gasteiger partial charge in [0.05, 0.1) is 22.2 Å². The van der Waals surface area contributed by atoms with E-state index in [2.05, 4.69) is 15.6 Å². The number of benzene rings is 1. The van der Waals surface area contributed by atoms with Gasteiger partial charge in [0.25, 0.3) is 0 Å². The molecule has 1 aromatic carbocycles. The van der Waals surface area contributed by atoms with Crippen LogP contribution in [0.1, 0.15) is 64.1 Å². The second kappa shape index (κ2) is 13.8. The number of likely N-dealkylation sites (tertiary alicyclic amines) is 1. The fourth-order valence-electron chi connectivity index (χ4n) is 4.73. The number of carbonyl (C=O) groups excluding carboxylic acids is 3. The molecular formula is C29H40N4O6S. The third-order valence-corrected chi connectivity index (χ3v) is 8.05. The summed E-state index contributed by atoms with van der Waals surface area (Å²) in [5, 5.41) is 14.6. The molecule has 3 N–H and O–H groups in total. The number of carbonyl (C=O) groups is 4. The fourth-order valence-corrected chi connectivity index (χ4v) is 5.54. The standard InChI is InChI=1S/C29H40N4O6S/c1-18-25(40-17-31-18)20-12-10-19(11-13-20)15-30-27(37)22-14-21(39-5)16-33(22)28(38)26(29(2,3)4)32-23(34)8-6-7-9-24(35)36/h10-13,17,21-22,26H,6-9,14-16H2,1-5H3,(H,30,37)(H,32,34)(H,35,36)/t21-,22+,26-/m1/s1. The monoisotopic (exact) mass is 572 g/mol. The second-order valence-electron chi connectivity index (χ2n) is 11.2. The van der Waals surface area contributed by atoms with Gasteiger partial charge in [-0.15, -0.1) is 11.3 Å². The van der Waals surface area contributed by atoms with Crippen LogP contribution in [0.2, 0.25) is 0 Å². The van der Waals surface area contributed by atoms with Crippen molar-refractivity contribution in [1.82, 2.24) is 20.5 Å². The fraction of sp³-hybridized carbons (Fsp3) is 0.552. The number of methoxy groups -OCH3 is 1. The molecule has 2 aromatic rings. The minimum Gasteiger partial charge on any atom is -0.481 e. The van der Waals surface area contributed by atoms with Crippen molar-refractivity contribution >= 4 is 35.0 Å². The highest BCUT2D eigenvalue weighted by Crippen LogP contribution is 2.28. The number of hydrogen-bond donors (Lipinski definition) is 3. The van der Waals surface area contributed by atoms with Crippen LogP contribution in [0, 0.1) is 12.3 Å². The second-order valence-corrected chi connectivity index (χ2v) is 12.1. The minimum absolute atomic E-state index is 0.00614. The van der Waals surface area contributed by atoms with Gasteiger partial charge in [-0.2, -0.15) is 0 Å². The van der Waals surface area contributed by atoms with E-state index in [1.54, 1.807) is 18.4 Å². The number of ether oxygens (including phenoxy) is 1. The van der Waals surface area contributed by atoms with Crippen LogP contribution in [-0.4, -0.2) is 70.5 Å². The molecule has 1 aromatic heterocycles. The van der Waals surface area contributed by atoms with Crippen molar-refractivity contribution in [2.24, 2.45) is 5.41 Å². The predicted octanol–water partition coefficient (Wildman–Crippen LogP) is 3.53. The van der Waals surface area contributed by atoms with E-state index in [-0.39, 0.29) is 43.2 Å². The van der Waals surface area contributed by atoms with E-state index in [4.69, 9.17) is 9.84 Å². The Bertz CT molecular complexity index is 1190. The molecule has 3 amide bonds. The molecule has 1 aliphatic rings. The molecule has 0 unspecified atom stereocenters. The predicted molar refractivity (Wildman–Crippen MR) is 153 cm³/mol.